The molecule has 0 radical (unpaired) electrons. The number of nitrogens with two attached hydrogens (primary N) is 2. The van der Waals surface area contributed by atoms with Crippen LogP contribution in [0.4, 0.5) is 9.18 Å². The van der Waals surface area contributed by atoms with Crippen molar-refractivity contribution in [3.8, 4) is 0 Å². The Hall–Kier alpha value is -4.96. The minimum Gasteiger partial charge on any atom is -0.445 e. The van der Waals surface area contributed by atoms with E-state index in [1.807, 2.05) is 6.07 Å². The predicted octanol–water partition coefficient (Wildman–Crippen LogP) is -0.0369. The molecule has 266 valence electrons. The van der Waals surface area contributed by atoms with Crippen molar-refractivity contribution in [3.63, 3.8) is 0 Å². The van der Waals surface area contributed by atoms with E-state index in [-0.39, 0.29) is 63.3 Å². The third-order valence-electron chi connectivity index (χ3n) is 7.70. The van der Waals surface area contributed by atoms with E-state index in [0.717, 1.165) is 5.56 Å². The zero-order valence-electron chi connectivity index (χ0n) is 27.5. The van der Waals surface area contributed by atoms with Crippen LogP contribution in [0.25, 0.3) is 0 Å². The monoisotopic (exact) mass is 676 g/mol. The molecule has 48 heavy (non-hydrogen) atoms. The molecule has 1 unspecified atom stereocenters. The van der Waals surface area contributed by atoms with Crippen LogP contribution < -0.4 is 38.1 Å². The lowest BCUT2D eigenvalue weighted by Crippen LogP contribution is -2.58. The van der Waals surface area contributed by atoms with Crippen molar-refractivity contribution in [1.29, 1.82) is 10.8 Å². The van der Waals surface area contributed by atoms with Crippen molar-refractivity contribution in [1.82, 2.24) is 31.5 Å². The number of hydrogen-bond donors (Lipinski definition) is 9. The molecule has 1 heterocycles. The first-order chi connectivity index (χ1) is 22.8. The number of Topliss-reactive ketones (excluding diaryl/α,β-unsaturated/α-hetero) is 1. The third-order valence-corrected chi connectivity index (χ3v) is 7.70. The largest absolute Gasteiger partial charge is 0.445 e. The van der Waals surface area contributed by atoms with Crippen LogP contribution >= 0.6 is 0 Å². The highest BCUT2D eigenvalue weighted by Crippen LogP contribution is 2.21. The van der Waals surface area contributed by atoms with Crippen LogP contribution in [0.2, 0.25) is 0 Å². The van der Waals surface area contributed by atoms with Crippen molar-refractivity contribution >= 4 is 41.5 Å². The molecule has 4 amide bonds. The number of carbonyl (C=O) groups is 5. The van der Waals surface area contributed by atoms with Crippen molar-refractivity contribution in [2.75, 3.05) is 26.3 Å². The highest BCUT2D eigenvalue weighted by Gasteiger charge is 2.39. The maximum absolute atomic E-state index is 13.9. The van der Waals surface area contributed by atoms with E-state index < -0.39 is 60.4 Å². The summed E-state index contributed by atoms with van der Waals surface area (Å²) < 4.78 is 18.6. The molecule has 1 aliphatic rings. The number of carbonyl (C=O) groups excluding carboxylic acids is 5. The first kappa shape index (κ1) is 39.2. The lowest BCUT2D eigenvalue weighted by molar-refractivity contribution is -0.142. The van der Waals surface area contributed by atoms with Crippen molar-refractivity contribution in [3.05, 3.63) is 35.9 Å². The van der Waals surface area contributed by atoms with E-state index in [1.165, 1.54) is 4.90 Å². The van der Waals surface area contributed by atoms with Gasteiger partial charge in [0, 0.05) is 19.6 Å². The summed E-state index contributed by atoms with van der Waals surface area (Å²) in [6.45, 7) is 2.84. The summed E-state index contributed by atoms with van der Waals surface area (Å²) in [5, 5.41) is 27.7. The van der Waals surface area contributed by atoms with Gasteiger partial charge < -0.3 is 47.7 Å². The maximum atomic E-state index is 13.9. The second kappa shape index (κ2) is 20.3. The van der Waals surface area contributed by atoms with E-state index in [9.17, 15) is 28.4 Å². The summed E-state index contributed by atoms with van der Waals surface area (Å²) in [5.74, 6) is -3.52. The van der Waals surface area contributed by atoms with E-state index in [2.05, 4.69) is 26.6 Å². The summed E-state index contributed by atoms with van der Waals surface area (Å²) in [6.07, 6.45) is 0.796. The molecule has 17 heteroatoms. The number of amides is 4. The van der Waals surface area contributed by atoms with Gasteiger partial charge in [-0.25, -0.2) is 9.18 Å². The zero-order chi connectivity index (χ0) is 35.6. The molecule has 1 fully saturated rings. The van der Waals surface area contributed by atoms with Crippen molar-refractivity contribution in [2.45, 2.75) is 83.1 Å². The van der Waals surface area contributed by atoms with Gasteiger partial charge in [0.25, 0.3) is 0 Å². The van der Waals surface area contributed by atoms with Gasteiger partial charge in [0.1, 0.15) is 31.4 Å². The summed E-state index contributed by atoms with van der Waals surface area (Å²) in [7, 11) is 0. The average molecular weight is 677 g/mol. The Labute approximate surface area is 279 Å². The van der Waals surface area contributed by atoms with Crippen LogP contribution in [0, 0.1) is 16.7 Å². The average Bonchev–Trinajstić information content (AvgIpc) is 3.55. The SMILES string of the molecule is CC(C)C(NC(=O)OCc1ccccc1)C(=O)N[C@@H](CCCNC(=N)N)C(=O)N1CCC[C@H]1C(=O)N[C@@H](CCCNC(=N)N)C(=O)CF. The lowest BCUT2D eigenvalue weighted by Gasteiger charge is -2.31. The number of alkyl halides is 1. The number of benzene rings is 1. The van der Waals surface area contributed by atoms with E-state index in [0.29, 0.717) is 19.3 Å². The number of ether oxygens (including phenoxy) is 1. The molecule has 0 aliphatic carbocycles. The zero-order valence-corrected chi connectivity index (χ0v) is 27.5. The van der Waals surface area contributed by atoms with E-state index in [4.69, 9.17) is 27.0 Å². The van der Waals surface area contributed by atoms with Crippen molar-refractivity contribution in [2.24, 2.45) is 17.4 Å². The van der Waals surface area contributed by atoms with Gasteiger partial charge in [-0.15, -0.1) is 0 Å². The quantitative estimate of drug-likeness (QED) is 0.0537. The molecular formula is C31H49FN10O6. The minimum atomic E-state index is -1.29. The molecule has 0 aromatic heterocycles. The molecule has 1 aromatic rings. The van der Waals surface area contributed by atoms with Gasteiger partial charge in [-0.3, -0.25) is 30.0 Å². The topological polar surface area (TPSA) is 258 Å². The summed E-state index contributed by atoms with van der Waals surface area (Å²) in [4.78, 5) is 66.9. The number of guanidine groups is 2. The molecule has 0 saturated carbocycles. The Bertz CT molecular complexity index is 1270. The molecule has 1 aromatic carbocycles. The first-order valence-corrected chi connectivity index (χ1v) is 16.0. The van der Waals surface area contributed by atoms with Crippen LogP contribution in [0.3, 0.4) is 0 Å². The molecule has 0 spiro atoms. The van der Waals surface area contributed by atoms with E-state index >= 15 is 0 Å². The number of alkyl carbamates (subject to hydrolysis) is 1. The Morgan fingerprint density at radius 3 is 2.10 bits per heavy atom. The van der Waals surface area contributed by atoms with Gasteiger partial charge in [-0.1, -0.05) is 44.2 Å². The van der Waals surface area contributed by atoms with Crippen LogP contribution in [0.1, 0.15) is 57.9 Å². The van der Waals surface area contributed by atoms with Crippen molar-refractivity contribution < 1.29 is 33.1 Å². The number of hydrogen-bond acceptors (Lipinski definition) is 8. The molecule has 11 N–H and O–H groups in total. The number of halogens is 1. The van der Waals surface area contributed by atoms with Crippen LogP contribution in [-0.4, -0.2) is 96.9 Å². The molecule has 2 rings (SSSR count). The Balaban J connectivity index is 2.15. The van der Waals surface area contributed by atoms with Gasteiger partial charge >= 0.3 is 6.09 Å². The van der Waals surface area contributed by atoms with Crippen LogP contribution in [0.5, 0.6) is 0 Å². The Kier molecular flexibility index (Phi) is 16.6. The number of rotatable bonds is 19. The Morgan fingerprint density at radius 1 is 0.938 bits per heavy atom. The fraction of sp³-hybridized carbons (Fsp3) is 0.581. The van der Waals surface area contributed by atoms with Gasteiger partial charge in [0.15, 0.2) is 17.7 Å². The number of nitrogens with zero attached hydrogens (tertiary/aromatic N) is 1. The van der Waals surface area contributed by atoms with E-state index in [1.54, 1.807) is 38.1 Å². The predicted molar refractivity (Wildman–Crippen MR) is 176 cm³/mol. The fourth-order valence-electron chi connectivity index (χ4n) is 5.18. The first-order valence-electron chi connectivity index (χ1n) is 16.0. The smallest absolute Gasteiger partial charge is 0.408 e. The van der Waals surface area contributed by atoms with Gasteiger partial charge in [0.2, 0.25) is 17.7 Å². The highest BCUT2D eigenvalue weighted by molar-refractivity contribution is 5.96. The molecule has 1 aliphatic heterocycles. The normalized spacial score (nSPS) is 15.8. The molecular weight excluding hydrogens is 627 g/mol. The summed E-state index contributed by atoms with van der Waals surface area (Å²) in [6, 6.07) is 4.74. The van der Waals surface area contributed by atoms with Gasteiger partial charge in [-0.05, 0) is 50.0 Å². The van der Waals surface area contributed by atoms with Gasteiger partial charge in [-0.2, -0.15) is 0 Å². The van der Waals surface area contributed by atoms with Crippen LogP contribution in [-0.2, 0) is 30.5 Å². The summed E-state index contributed by atoms with van der Waals surface area (Å²) in [5.41, 5.74) is 11.4. The number of likely N-dealkylation sites (tertiary alicyclic amines) is 1. The number of nitrogens with one attached hydrogen (secondary N) is 7. The highest BCUT2D eigenvalue weighted by atomic mass is 19.1. The minimum absolute atomic E-state index is 0.00509. The Morgan fingerprint density at radius 2 is 1.54 bits per heavy atom. The molecule has 16 nitrogen and oxygen atoms in total. The lowest BCUT2D eigenvalue weighted by atomic mass is 10.0. The second-order valence-corrected chi connectivity index (χ2v) is 11.8. The molecule has 0 bridgehead atoms. The summed E-state index contributed by atoms with van der Waals surface area (Å²) >= 11 is 0. The van der Waals surface area contributed by atoms with Gasteiger partial charge in [0.05, 0.1) is 6.04 Å². The standard InChI is InChI=1S/C31H49FN10O6/c1-19(2)25(41-31(47)48-18-20-9-4-3-5-10-20)27(45)40-22(12-7-15-38-30(35)36)28(46)42-16-8-13-23(42)26(44)39-21(24(43)17-32)11-6-14-37-29(33)34/h3-5,9-10,19,21-23,25H,6-8,11-18H2,1-2H3,(H,39,44)(H,40,45)(H,41,47)(H4,33,34,37)(H4,35,36,38)/t21-,22-,23-,25?/m0/s1. The molecule has 1 saturated heterocycles. The van der Waals surface area contributed by atoms with Crippen LogP contribution in [0.15, 0.2) is 30.3 Å². The second-order valence-electron chi connectivity index (χ2n) is 11.8. The third kappa shape index (κ3) is 13.4. The fourth-order valence-corrected chi connectivity index (χ4v) is 5.18. The maximum Gasteiger partial charge on any atom is 0.408 e. The number of ketones is 1. The molecule has 4 atom stereocenters.